The lowest BCUT2D eigenvalue weighted by molar-refractivity contribution is 0.0560. The quantitative estimate of drug-likeness (QED) is 0.380. The Morgan fingerprint density at radius 3 is 2.51 bits per heavy atom. The van der Waals surface area contributed by atoms with Crippen LogP contribution in [0.1, 0.15) is 58.9 Å². The van der Waals surface area contributed by atoms with E-state index in [1.54, 1.807) is 45.9 Å². The number of hydrogen-bond acceptors (Lipinski definition) is 9. The van der Waals surface area contributed by atoms with Crippen molar-refractivity contribution < 1.29 is 22.7 Å². The maximum absolute atomic E-state index is 15.6. The summed E-state index contributed by atoms with van der Waals surface area (Å²) in [7, 11) is -1.48. The zero-order valence-corrected chi connectivity index (χ0v) is 25.1. The van der Waals surface area contributed by atoms with Crippen molar-refractivity contribution >= 4 is 33.3 Å². The highest BCUT2D eigenvalue weighted by Gasteiger charge is 2.55. The fraction of sp³-hybridized carbons (Fsp3) is 0.464. The number of carbonyl (C=O) groups excluding carboxylic acids is 1. The zero-order chi connectivity index (χ0) is 29.6. The van der Waals surface area contributed by atoms with Gasteiger partial charge in [0, 0.05) is 36.6 Å². The van der Waals surface area contributed by atoms with Crippen LogP contribution in [0.15, 0.2) is 50.5 Å². The minimum Gasteiger partial charge on any atom is -0.444 e. The molecule has 1 aromatic carbocycles. The molecule has 3 aromatic rings. The summed E-state index contributed by atoms with van der Waals surface area (Å²) in [6.07, 6.45) is 4.91. The Bertz CT molecular complexity index is 1640. The van der Waals surface area contributed by atoms with Gasteiger partial charge in [-0.05, 0) is 58.7 Å². The van der Waals surface area contributed by atoms with E-state index in [4.69, 9.17) is 25.9 Å². The lowest BCUT2D eigenvalue weighted by Gasteiger charge is -2.43. The molecule has 1 amide bonds. The minimum absolute atomic E-state index is 0.0172. The number of alkyl carbamates (subject to hydrolysis) is 1. The highest BCUT2D eigenvalue weighted by atomic mass is 35.5. The van der Waals surface area contributed by atoms with Gasteiger partial charge in [0.25, 0.3) is 0 Å². The molecule has 0 bridgehead atoms. The molecule has 41 heavy (non-hydrogen) atoms. The van der Waals surface area contributed by atoms with Crippen molar-refractivity contribution in [2.24, 2.45) is 9.36 Å². The summed E-state index contributed by atoms with van der Waals surface area (Å²) in [5.74, 6) is 0.331. The van der Waals surface area contributed by atoms with Gasteiger partial charge in [0.05, 0.1) is 20.5 Å². The molecule has 2 aliphatic rings. The average Bonchev–Trinajstić information content (AvgIpc) is 3.59. The SMILES string of the molecule is CN=[S@@]1(=O)C[C@@](C)(c2cc(-c3cc(-c4ncc(Cl)cn4)no3)ccc2F)N=C(NC(=O)OC(C)(C)C)C12CCCC2. The van der Waals surface area contributed by atoms with Gasteiger partial charge >= 0.3 is 6.09 Å². The summed E-state index contributed by atoms with van der Waals surface area (Å²) in [5, 5.41) is 7.22. The Morgan fingerprint density at radius 1 is 1.20 bits per heavy atom. The monoisotopic (exact) mass is 602 g/mol. The van der Waals surface area contributed by atoms with Gasteiger partial charge in [-0.2, -0.15) is 0 Å². The van der Waals surface area contributed by atoms with E-state index in [0.717, 1.165) is 12.8 Å². The number of aromatic nitrogens is 3. The zero-order valence-electron chi connectivity index (χ0n) is 23.5. The normalized spacial score (nSPS) is 23.7. The molecule has 218 valence electrons. The topological polar surface area (TPSA) is 132 Å². The summed E-state index contributed by atoms with van der Waals surface area (Å²) in [5.41, 5.74) is -0.993. The van der Waals surface area contributed by atoms with E-state index in [1.807, 2.05) is 0 Å². The molecule has 1 fully saturated rings. The Morgan fingerprint density at radius 2 is 1.88 bits per heavy atom. The number of ether oxygens (including phenoxy) is 1. The Balaban J connectivity index is 1.59. The smallest absolute Gasteiger partial charge is 0.413 e. The largest absolute Gasteiger partial charge is 0.444 e. The number of halogens is 2. The maximum Gasteiger partial charge on any atom is 0.413 e. The number of hydrogen-bond donors (Lipinski definition) is 1. The summed E-state index contributed by atoms with van der Waals surface area (Å²) in [4.78, 5) is 26.2. The van der Waals surface area contributed by atoms with Crippen molar-refractivity contribution in [3.8, 4) is 22.8 Å². The molecule has 2 atom stereocenters. The predicted octanol–water partition coefficient (Wildman–Crippen LogP) is 6.15. The number of rotatable bonds is 3. The van der Waals surface area contributed by atoms with Crippen LogP contribution in [-0.2, 0) is 20.0 Å². The van der Waals surface area contributed by atoms with Gasteiger partial charge < -0.3 is 9.26 Å². The lowest BCUT2D eigenvalue weighted by atomic mass is 9.91. The van der Waals surface area contributed by atoms with E-state index < -0.39 is 37.5 Å². The van der Waals surface area contributed by atoms with Gasteiger partial charge in [-0.15, -0.1) is 0 Å². The maximum atomic E-state index is 15.6. The average molecular weight is 603 g/mol. The number of carbonyl (C=O) groups is 1. The molecule has 10 nitrogen and oxygen atoms in total. The fourth-order valence-corrected chi connectivity index (χ4v) is 8.68. The third-order valence-corrected chi connectivity index (χ3v) is 11.0. The molecule has 0 saturated heterocycles. The van der Waals surface area contributed by atoms with Crippen LogP contribution in [-0.4, -0.2) is 54.4 Å². The van der Waals surface area contributed by atoms with Crippen LogP contribution in [0.5, 0.6) is 0 Å². The highest BCUT2D eigenvalue weighted by Crippen LogP contribution is 2.47. The van der Waals surface area contributed by atoms with Gasteiger partial charge in [0.15, 0.2) is 17.3 Å². The molecular formula is C28H32ClFN6O4S. The van der Waals surface area contributed by atoms with Crippen LogP contribution in [0.25, 0.3) is 22.8 Å². The summed E-state index contributed by atoms with van der Waals surface area (Å²) in [6.45, 7) is 6.96. The second kappa shape index (κ2) is 10.5. The van der Waals surface area contributed by atoms with Gasteiger partial charge in [-0.3, -0.25) is 10.3 Å². The number of benzene rings is 1. The molecule has 1 saturated carbocycles. The molecule has 1 spiro atoms. The highest BCUT2D eigenvalue weighted by molar-refractivity contribution is 7.95. The van der Waals surface area contributed by atoms with Crippen LogP contribution in [0.2, 0.25) is 5.02 Å². The first-order chi connectivity index (χ1) is 19.3. The van der Waals surface area contributed by atoms with Crippen LogP contribution in [0.4, 0.5) is 9.18 Å². The molecule has 2 aromatic heterocycles. The molecule has 3 heterocycles. The van der Waals surface area contributed by atoms with E-state index in [9.17, 15) is 9.00 Å². The van der Waals surface area contributed by atoms with Crippen LogP contribution >= 0.6 is 11.6 Å². The number of aliphatic imine (C=N–C) groups is 1. The molecule has 0 radical (unpaired) electrons. The number of nitrogens with one attached hydrogen (secondary N) is 1. The standard InChI is InChI=1S/C28H32ClFN6O4S/c1-26(2,3)39-25(37)34-24-28(10-6-7-11-28)41(38,31-5)16-27(4,35-24)19-12-17(8-9-20(19)30)22-13-21(36-40-22)23-32-14-18(29)15-33-23/h8-9,12-15H,6-7,10-11,16H2,1-5H3,(H,34,35,37)/t27-,41+/m0/s1. The van der Waals surface area contributed by atoms with Crippen molar-refractivity contribution in [2.45, 2.75) is 69.3 Å². The lowest BCUT2D eigenvalue weighted by Crippen LogP contribution is -2.59. The van der Waals surface area contributed by atoms with Gasteiger partial charge in [-0.25, -0.2) is 27.7 Å². The summed E-state index contributed by atoms with van der Waals surface area (Å²) < 4.78 is 44.7. The number of amidine groups is 1. The van der Waals surface area contributed by atoms with Crippen LogP contribution in [0.3, 0.4) is 0 Å². The minimum atomic E-state index is -3.00. The third kappa shape index (κ3) is 5.46. The second-order valence-electron chi connectivity index (χ2n) is 11.5. The van der Waals surface area contributed by atoms with E-state index in [1.165, 1.54) is 25.5 Å². The van der Waals surface area contributed by atoms with Gasteiger partial charge in [-0.1, -0.05) is 29.6 Å². The number of amides is 1. The van der Waals surface area contributed by atoms with Crippen molar-refractivity contribution in [3.05, 3.63) is 53.1 Å². The van der Waals surface area contributed by atoms with Crippen LogP contribution < -0.4 is 5.32 Å². The molecule has 1 N–H and O–H groups in total. The predicted molar refractivity (Wildman–Crippen MR) is 155 cm³/mol. The van der Waals surface area contributed by atoms with Crippen LogP contribution in [0, 0.1) is 5.82 Å². The second-order valence-corrected chi connectivity index (χ2v) is 14.7. The van der Waals surface area contributed by atoms with E-state index in [0.29, 0.717) is 40.7 Å². The molecule has 13 heteroatoms. The Kier molecular flexibility index (Phi) is 7.44. The van der Waals surface area contributed by atoms with Gasteiger partial charge in [0.2, 0.25) is 0 Å². The molecule has 1 aliphatic carbocycles. The summed E-state index contributed by atoms with van der Waals surface area (Å²) >= 11 is 5.88. The van der Waals surface area contributed by atoms with Gasteiger partial charge in [0.1, 0.15) is 27.5 Å². The Hall–Kier alpha value is -3.38. The van der Waals surface area contributed by atoms with E-state index in [2.05, 4.69) is 24.8 Å². The molecule has 0 unspecified atom stereocenters. The first-order valence-electron chi connectivity index (χ1n) is 13.3. The van der Waals surface area contributed by atoms with Crippen molar-refractivity contribution in [1.29, 1.82) is 0 Å². The first kappa shape index (κ1) is 29.1. The van der Waals surface area contributed by atoms with Crippen molar-refractivity contribution in [1.82, 2.24) is 20.4 Å². The fourth-order valence-electron chi connectivity index (χ4n) is 5.52. The number of nitrogens with zero attached hydrogens (tertiary/aromatic N) is 5. The van der Waals surface area contributed by atoms with Crippen molar-refractivity contribution in [2.75, 3.05) is 12.8 Å². The Labute approximate surface area is 243 Å². The van der Waals surface area contributed by atoms with Crippen molar-refractivity contribution in [3.63, 3.8) is 0 Å². The molecule has 5 rings (SSSR count). The third-order valence-electron chi connectivity index (χ3n) is 7.39. The van der Waals surface area contributed by atoms with E-state index in [-0.39, 0.29) is 17.2 Å². The van der Waals surface area contributed by atoms with E-state index >= 15 is 4.39 Å². The molecule has 1 aliphatic heterocycles. The summed E-state index contributed by atoms with van der Waals surface area (Å²) in [6, 6.07) is 6.10. The molecular weight excluding hydrogens is 571 g/mol. The first-order valence-corrected chi connectivity index (χ1v) is 15.3.